The highest BCUT2D eigenvalue weighted by atomic mass is 32.1. The third kappa shape index (κ3) is 3.95. The molecule has 0 radical (unpaired) electrons. The van der Waals surface area contributed by atoms with Crippen LogP contribution in [-0.2, 0) is 12.8 Å². The summed E-state index contributed by atoms with van der Waals surface area (Å²) in [6, 6.07) is 23.0. The molecule has 1 saturated heterocycles. The second-order valence-electron chi connectivity index (χ2n) is 9.36. The van der Waals surface area contributed by atoms with Gasteiger partial charge in [0.05, 0.1) is 5.69 Å². The summed E-state index contributed by atoms with van der Waals surface area (Å²) in [5.74, 6) is 0. The van der Waals surface area contributed by atoms with Crippen LogP contribution in [0.5, 0.6) is 0 Å². The normalized spacial score (nSPS) is 18.9. The topological polar surface area (TPSA) is 45.4 Å². The number of nitrogens with zero attached hydrogens (tertiary/aromatic N) is 3. The maximum absolute atomic E-state index is 5.87. The first-order chi connectivity index (χ1) is 16.2. The Labute approximate surface area is 199 Å². The third-order valence-corrected chi connectivity index (χ3v) is 8.20. The zero-order valence-electron chi connectivity index (χ0n) is 19.1. The van der Waals surface area contributed by atoms with E-state index >= 15 is 0 Å². The lowest BCUT2D eigenvalue weighted by molar-refractivity contribution is 0.0985. The van der Waals surface area contributed by atoms with Crippen molar-refractivity contribution in [1.82, 2.24) is 14.8 Å². The molecular weight excluding hydrogens is 424 g/mol. The lowest BCUT2D eigenvalue weighted by atomic mass is 10.0. The fourth-order valence-corrected chi connectivity index (χ4v) is 6.35. The van der Waals surface area contributed by atoms with E-state index < -0.39 is 0 Å². The van der Waals surface area contributed by atoms with Crippen molar-refractivity contribution < 1.29 is 0 Å². The van der Waals surface area contributed by atoms with Crippen LogP contribution in [0.1, 0.15) is 27.6 Å². The molecule has 0 bridgehead atoms. The molecule has 1 atom stereocenters. The van der Waals surface area contributed by atoms with Gasteiger partial charge in [0.1, 0.15) is 0 Å². The molecule has 0 spiro atoms. The van der Waals surface area contributed by atoms with Crippen molar-refractivity contribution in [2.24, 2.45) is 0 Å². The van der Waals surface area contributed by atoms with Crippen LogP contribution in [0, 0.1) is 6.92 Å². The molecule has 0 amide bonds. The molecule has 4 aromatic rings. The van der Waals surface area contributed by atoms with Gasteiger partial charge in [-0.3, -0.25) is 4.90 Å². The van der Waals surface area contributed by atoms with Gasteiger partial charge in [-0.2, -0.15) is 0 Å². The fourth-order valence-electron chi connectivity index (χ4n) is 5.64. The number of piperazine rings is 1. The standard InChI is InChI=1S/C28H30N4S/c1-19-27(30-28(29)33-19)22-10-8-20(9-11-22)12-13-31-14-16-32(17-15-31)25-18-23-6-2-4-21-5-3-7-24(25)26(21)23/h2-11,25H,12-18H2,1H3,(H2,29,30). The first-order valence-electron chi connectivity index (χ1n) is 11.9. The Bertz CT molecular complexity index is 1280. The van der Waals surface area contributed by atoms with Crippen LogP contribution in [0.3, 0.4) is 0 Å². The summed E-state index contributed by atoms with van der Waals surface area (Å²) in [6.45, 7) is 7.81. The molecule has 4 nitrogen and oxygen atoms in total. The predicted octanol–water partition coefficient (Wildman–Crippen LogP) is 5.31. The minimum absolute atomic E-state index is 0.545. The molecule has 0 saturated carbocycles. The van der Waals surface area contributed by atoms with Crippen LogP contribution >= 0.6 is 11.3 Å². The molecule has 5 heteroatoms. The monoisotopic (exact) mass is 454 g/mol. The van der Waals surface area contributed by atoms with Crippen LogP contribution in [-0.4, -0.2) is 47.5 Å². The van der Waals surface area contributed by atoms with Crippen LogP contribution in [0.15, 0.2) is 60.7 Å². The molecule has 1 fully saturated rings. The highest BCUT2D eigenvalue weighted by Gasteiger charge is 2.31. The average Bonchev–Trinajstić information content (AvgIpc) is 3.39. The van der Waals surface area contributed by atoms with Gasteiger partial charge >= 0.3 is 0 Å². The Morgan fingerprint density at radius 2 is 1.73 bits per heavy atom. The number of aryl methyl sites for hydroxylation is 1. The van der Waals surface area contributed by atoms with E-state index in [1.807, 2.05) is 0 Å². The van der Waals surface area contributed by atoms with Crippen LogP contribution < -0.4 is 5.73 Å². The molecule has 2 N–H and O–H groups in total. The zero-order valence-corrected chi connectivity index (χ0v) is 19.9. The van der Waals surface area contributed by atoms with Crippen molar-refractivity contribution >= 4 is 27.2 Å². The molecule has 1 unspecified atom stereocenters. The minimum Gasteiger partial charge on any atom is -0.375 e. The van der Waals surface area contributed by atoms with Crippen molar-refractivity contribution in [3.05, 3.63) is 82.2 Å². The Morgan fingerprint density at radius 1 is 0.970 bits per heavy atom. The number of thiazole rings is 1. The molecule has 1 aliphatic carbocycles. The van der Waals surface area contributed by atoms with E-state index in [-0.39, 0.29) is 0 Å². The van der Waals surface area contributed by atoms with Crippen LogP contribution in [0.2, 0.25) is 0 Å². The first-order valence-corrected chi connectivity index (χ1v) is 12.8. The van der Waals surface area contributed by atoms with Crippen molar-refractivity contribution in [2.75, 3.05) is 38.5 Å². The highest BCUT2D eigenvalue weighted by molar-refractivity contribution is 7.15. The molecule has 2 aliphatic rings. The second kappa shape index (κ2) is 8.56. The molecule has 33 heavy (non-hydrogen) atoms. The van der Waals surface area contributed by atoms with Crippen molar-refractivity contribution in [2.45, 2.75) is 25.8 Å². The molecule has 3 aromatic carbocycles. The Balaban J connectivity index is 1.05. The largest absolute Gasteiger partial charge is 0.375 e. The number of rotatable bonds is 5. The summed E-state index contributed by atoms with van der Waals surface area (Å²) < 4.78 is 0. The molecule has 6 rings (SSSR count). The lowest BCUT2D eigenvalue weighted by Crippen LogP contribution is -2.48. The maximum atomic E-state index is 5.87. The van der Waals surface area contributed by atoms with Gasteiger partial charge in [-0.15, -0.1) is 11.3 Å². The SMILES string of the molecule is Cc1sc(N)nc1-c1ccc(CCN2CCN(C3Cc4cccc5cccc3c45)CC2)cc1. The molecule has 168 valence electrons. The molecule has 1 aliphatic heterocycles. The second-order valence-corrected chi connectivity index (χ2v) is 10.6. The molecule has 2 heterocycles. The number of anilines is 1. The quantitative estimate of drug-likeness (QED) is 0.444. The van der Waals surface area contributed by atoms with Gasteiger partial charge in [0, 0.05) is 49.2 Å². The van der Waals surface area contributed by atoms with E-state index in [4.69, 9.17) is 5.73 Å². The van der Waals surface area contributed by atoms with E-state index in [9.17, 15) is 0 Å². The van der Waals surface area contributed by atoms with Gasteiger partial charge in [-0.25, -0.2) is 4.98 Å². The smallest absolute Gasteiger partial charge is 0.180 e. The number of nitrogens with two attached hydrogens (primary N) is 1. The van der Waals surface area contributed by atoms with E-state index in [2.05, 4.69) is 82.4 Å². The van der Waals surface area contributed by atoms with E-state index in [1.165, 1.54) is 32.3 Å². The number of hydrogen-bond acceptors (Lipinski definition) is 5. The molecule has 1 aromatic heterocycles. The van der Waals surface area contributed by atoms with Gasteiger partial charge in [-0.1, -0.05) is 60.7 Å². The number of nitrogen functional groups attached to an aromatic ring is 1. The Hall–Kier alpha value is -2.73. The maximum Gasteiger partial charge on any atom is 0.180 e. The van der Waals surface area contributed by atoms with Crippen LogP contribution in [0.4, 0.5) is 5.13 Å². The van der Waals surface area contributed by atoms with Gasteiger partial charge in [0.25, 0.3) is 0 Å². The Morgan fingerprint density at radius 3 is 2.45 bits per heavy atom. The zero-order chi connectivity index (χ0) is 22.4. The van der Waals surface area contributed by atoms with E-state index in [0.29, 0.717) is 11.2 Å². The van der Waals surface area contributed by atoms with Gasteiger partial charge in [0.2, 0.25) is 0 Å². The van der Waals surface area contributed by atoms with Crippen molar-refractivity contribution in [3.63, 3.8) is 0 Å². The number of aromatic nitrogens is 1. The van der Waals surface area contributed by atoms with Crippen molar-refractivity contribution in [1.29, 1.82) is 0 Å². The summed E-state index contributed by atoms with van der Waals surface area (Å²) in [7, 11) is 0. The van der Waals surface area contributed by atoms with Gasteiger partial charge in [0.15, 0.2) is 5.13 Å². The van der Waals surface area contributed by atoms with Crippen molar-refractivity contribution in [3.8, 4) is 11.3 Å². The number of benzene rings is 3. The third-order valence-electron chi connectivity index (χ3n) is 7.40. The average molecular weight is 455 g/mol. The van der Waals surface area contributed by atoms with E-state index in [0.717, 1.165) is 56.8 Å². The van der Waals surface area contributed by atoms with Gasteiger partial charge in [-0.05, 0) is 47.2 Å². The lowest BCUT2D eigenvalue weighted by Gasteiger charge is -2.38. The predicted molar refractivity (Wildman–Crippen MR) is 139 cm³/mol. The van der Waals surface area contributed by atoms with E-state index in [1.54, 1.807) is 11.3 Å². The summed E-state index contributed by atoms with van der Waals surface area (Å²) in [6.07, 6.45) is 2.25. The molecular formula is C28H30N4S. The summed E-state index contributed by atoms with van der Waals surface area (Å²) in [5.41, 5.74) is 12.5. The first kappa shape index (κ1) is 20.8. The summed E-state index contributed by atoms with van der Waals surface area (Å²) >= 11 is 1.56. The Kier molecular flexibility index (Phi) is 5.41. The number of hydrogen-bond donors (Lipinski definition) is 1. The minimum atomic E-state index is 0.545. The summed E-state index contributed by atoms with van der Waals surface area (Å²) in [5, 5.41) is 3.54. The van der Waals surface area contributed by atoms with Gasteiger partial charge < -0.3 is 10.6 Å². The van der Waals surface area contributed by atoms with Crippen LogP contribution in [0.25, 0.3) is 22.0 Å². The summed E-state index contributed by atoms with van der Waals surface area (Å²) in [4.78, 5) is 11.0. The fraction of sp³-hybridized carbons (Fsp3) is 0.321. The highest BCUT2D eigenvalue weighted by Crippen LogP contribution is 2.40.